The number of nitrogens with one attached hydrogen (secondary N) is 1. The smallest absolute Gasteiger partial charge is 0.241 e. The fourth-order valence-corrected chi connectivity index (χ4v) is 2.25. The van der Waals surface area contributed by atoms with Crippen LogP contribution in [-0.2, 0) is 4.79 Å². The summed E-state index contributed by atoms with van der Waals surface area (Å²) in [6.07, 6.45) is 2.15. The Kier molecular flexibility index (Phi) is 7.10. The first kappa shape index (κ1) is 17.6. The molecule has 0 bridgehead atoms. The van der Waals surface area contributed by atoms with E-state index in [-0.39, 0.29) is 11.9 Å². The van der Waals surface area contributed by atoms with E-state index >= 15 is 0 Å². The van der Waals surface area contributed by atoms with Crippen molar-refractivity contribution < 1.29 is 4.79 Å². The fourth-order valence-electron chi connectivity index (χ4n) is 1.66. The number of anilines is 1. The van der Waals surface area contributed by atoms with Crippen molar-refractivity contribution in [1.29, 1.82) is 0 Å². The third-order valence-corrected chi connectivity index (χ3v) is 4.21. The average molecular weight is 338 g/mol. The van der Waals surface area contributed by atoms with Crippen molar-refractivity contribution >= 4 is 46.4 Å². The Bertz CT molecular complexity index is 480. The van der Waals surface area contributed by atoms with Gasteiger partial charge < -0.3 is 5.32 Å². The van der Waals surface area contributed by atoms with Crippen molar-refractivity contribution in [2.24, 2.45) is 0 Å². The van der Waals surface area contributed by atoms with Crippen LogP contribution in [0.2, 0.25) is 15.1 Å². The summed E-state index contributed by atoms with van der Waals surface area (Å²) in [5.41, 5.74) is 0.474. The predicted octanol–water partition coefficient (Wildman–Crippen LogP) is 4.71. The molecule has 1 aromatic carbocycles. The zero-order valence-electron chi connectivity index (χ0n) is 11.8. The lowest BCUT2D eigenvalue weighted by Crippen LogP contribution is -2.40. The number of hydrogen-bond acceptors (Lipinski definition) is 2. The molecule has 0 spiro atoms. The first-order valence-corrected chi connectivity index (χ1v) is 7.65. The van der Waals surface area contributed by atoms with E-state index in [4.69, 9.17) is 34.8 Å². The molecule has 0 aromatic heterocycles. The normalized spacial score (nSPS) is 12.6. The van der Waals surface area contributed by atoms with Crippen LogP contribution >= 0.6 is 34.8 Å². The van der Waals surface area contributed by atoms with Crippen LogP contribution in [0.4, 0.5) is 5.69 Å². The van der Waals surface area contributed by atoms with Crippen LogP contribution in [0.25, 0.3) is 0 Å². The van der Waals surface area contributed by atoms with Crippen molar-refractivity contribution in [3.05, 3.63) is 27.2 Å². The summed E-state index contributed by atoms with van der Waals surface area (Å²) in [4.78, 5) is 14.2. The number of rotatable bonds is 6. The molecule has 1 N–H and O–H groups in total. The molecule has 0 aliphatic carbocycles. The summed E-state index contributed by atoms with van der Waals surface area (Å²) in [7, 11) is 1.93. The molecule has 0 heterocycles. The highest BCUT2D eigenvalue weighted by Crippen LogP contribution is 2.32. The number of benzene rings is 1. The monoisotopic (exact) mass is 336 g/mol. The number of carbonyl (C=O) groups excluding carboxylic acids is 1. The van der Waals surface area contributed by atoms with Gasteiger partial charge in [0.05, 0.1) is 26.8 Å². The van der Waals surface area contributed by atoms with Crippen LogP contribution in [0.3, 0.4) is 0 Å². The maximum absolute atomic E-state index is 12.2. The highest BCUT2D eigenvalue weighted by atomic mass is 35.5. The molecule has 1 rings (SSSR count). The third-order valence-electron chi connectivity index (χ3n) is 3.17. The van der Waals surface area contributed by atoms with Crippen LogP contribution in [-0.4, -0.2) is 30.4 Å². The number of amides is 1. The number of nitrogens with zero attached hydrogens (tertiary/aromatic N) is 1. The molecular weight excluding hydrogens is 319 g/mol. The molecule has 0 saturated carbocycles. The van der Waals surface area contributed by atoms with Crippen molar-refractivity contribution in [3.63, 3.8) is 0 Å². The van der Waals surface area contributed by atoms with E-state index in [2.05, 4.69) is 12.2 Å². The van der Waals surface area contributed by atoms with E-state index < -0.39 is 0 Å². The van der Waals surface area contributed by atoms with Crippen molar-refractivity contribution in [2.45, 2.75) is 32.7 Å². The minimum absolute atomic E-state index is 0.121. The van der Waals surface area contributed by atoms with E-state index in [1.54, 1.807) is 6.07 Å². The molecule has 112 valence electrons. The Balaban J connectivity index is 2.73. The lowest BCUT2D eigenvalue weighted by Gasteiger charge is -2.23. The summed E-state index contributed by atoms with van der Waals surface area (Å²) < 4.78 is 0. The van der Waals surface area contributed by atoms with Crippen LogP contribution < -0.4 is 5.32 Å². The Morgan fingerprint density at radius 2 is 1.85 bits per heavy atom. The Morgan fingerprint density at radius 1 is 1.25 bits per heavy atom. The second-order valence-electron chi connectivity index (χ2n) is 4.75. The maximum Gasteiger partial charge on any atom is 0.241 e. The lowest BCUT2D eigenvalue weighted by molar-refractivity contribution is -0.120. The standard InChI is InChI=1S/C14H19Cl3N2O/c1-4-5-6-19(3)9(2)14(20)18-13-8-11(16)10(15)7-12(13)17/h7-9H,4-6H2,1-3H3,(H,18,20). The van der Waals surface area contributed by atoms with Gasteiger partial charge in [-0.3, -0.25) is 9.69 Å². The van der Waals surface area contributed by atoms with E-state index in [9.17, 15) is 4.79 Å². The van der Waals surface area contributed by atoms with Crippen LogP contribution in [0.1, 0.15) is 26.7 Å². The molecule has 0 aliphatic heterocycles. The maximum atomic E-state index is 12.2. The lowest BCUT2D eigenvalue weighted by atomic mass is 10.2. The molecule has 0 fully saturated rings. The molecule has 1 unspecified atom stereocenters. The summed E-state index contributed by atoms with van der Waals surface area (Å²) in [5.74, 6) is -0.121. The Labute approximate surface area is 135 Å². The van der Waals surface area contributed by atoms with Gasteiger partial charge in [-0.15, -0.1) is 0 Å². The minimum atomic E-state index is -0.243. The molecule has 6 heteroatoms. The SMILES string of the molecule is CCCCN(C)C(C)C(=O)Nc1cc(Cl)c(Cl)cc1Cl. The zero-order valence-corrected chi connectivity index (χ0v) is 14.1. The van der Waals surface area contributed by atoms with Crippen LogP contribution in [0.15, 0.2) is 12.1 Å². The van der Waals surface area contributed by atoms with Gasteiger partial charge in [0.1, 0.15) is 0 Å². The molecule has 1 aromatic rings. The summed E-state index contributed by atoms with van der Waals surface area (Å²) in [6, 6.07) is 2.84. The highest BCUT2D eigenvalue weighted by Gasteiger charge is 2.19. The first-order valence-electron chi connectivity index (χ1n) is 6.52. The summed E-state index contributed by atoms with van der Waals surface area (Å²) in [5, 5.41) is 3.87. The van der Waals surface area contributed by atoms with Crippen molar-refractivity contribution in [2.75, 3.05) is 18.9 Å². The van der Waals surface area contributed by atoms with Gasteiger partial charge in [-0.05, 0) is 39.1 Å². The van der Waals surface area contributed by atoms with Gasteiger partial charge in [0.25, 0.3) is 0 Å². The van der Waals surface area contributed by atoms with Gasteiger partial charge in [-0.1, -0.05) is 48.1 Å². The topological polar surface area (TPSA) is 32.3 Å². The second kappa shape index (κ2) is 8.08. The van der Waals surface area contributed by atoms with E-state index in [1.165, 1.54) is 6.07 Å². The van der Waals surface area contributed by atoms with E-state index in [1.807, 2.05) is 18.9 Å². The second-order valence-corrected chi connectivity index (χ2v) is 5.97. The number of unbranched alkanes of at least 4 members (excludes halogenated alkanes) is 1. The fraction of sp³-hybridized carbons (Fsp3) is 0.500. The zero-order chi connectivity index (χ0) is 15.3. The van der Waals surface area contributed by atoms with Crippen LogP contribution in [0, 0.1) is 0 Å². The Hall–Kier alpha value is -0.480. The van der Waals surface area contributed by atoms with Gasteiger partial charge in [-0.2, -0.15) is 0 Å². The summed E-state index contributed by atoms with van der Waals surface area (Å²) in [6.45, 7) is 4.85. The first-order chi connectivity index (χ1) is 9.36. The minimum Gasteiger partial charge on any atom is -0.323 e. The van der Waals surface area contributed by atoms with Crippen molar-refractivity contribution in [1.82, 2.24) is 4.90 Å². The molecule has 3 nitrogen and oxygen atoms in total. The quantitative estimate of drug-likeness (QED) is 0.763. The molecule has 0 radical (unpaired) electrons. The molecule has 1 atom stereocenters. The largest absolute Gasteiger partial charge is 0.323 e. The van der Waals surface area contributed by atoms with Gasteiger partial charge in [0, 0.05) is 0 Å². The Morgan fingerprint density at radius 3 is 2.45 bits per heavy atom. The van der Waals surface area contributed by atoms with Gasteiger partial charge in [0.2, 0.25) is 5.91 Å². The molecule has 0 aliphatic rings. The highest BCUT2D eigenvalue weighted by molar-refractivity contribution is 6.44. The number of carbonyl (C=O) groups is 1. The predicted molar refractivity (Wildman–Crippen MR) is 87.1 cm³/mol. The van der Waals surface area contributed by atoms with Gasteiger partial charge >= 0.3 is 0 Å². The van der Waals surface area contributed by atoms with E-state index in [0.29, 0.717) is 20.8 Å². The molecule has 20 heavy (non-hydrogen) atoms. The van der Waals surface area contributed by atoms with Crippen LogP contribution in [0.5, 0.6) is 0 Å². The number of halogens is 3. The number of likely N-dealkylation sites (N-methyl/N-ethyl adjacent to an activating group) is 1. The third kappa shape index (κ3) is 4.81. The average Bonchev–Trinajstić information content (AvgIpc) is 2.41. The molecule has 1 amide bonds. The molecular formula is C14H19Cl3N2O. The van der Waals surface area contributed by atoms with Gasteiger partial charge in [-0.25, -0.2) is 0 Å². The van der Waals surface area contributed by atoms with Crippen molar-refractivity contribution in [3.8, 4) is 0 Å². The van der Waals surface area contributed by atoms with Gasteiger partial charge in [0.15, 0.2) is 0 Å². The summed E-state index contributed by atoms with van der Waals surface area (Å²) >= 11 is 17.8. The molecule has 0 saturated heterocycles. The van der Waals surface area contributed by atoms with E-state index in [0.717, 1.165) is 19.4 Å². The number of hydrogen-bond donors (Lipinski definition) is 1.